The Morgan fingerprint density at radius 3 is 2.75 bits per heavy atom. The van der Waals surface area contributed by atoms with Crippen molar-refractivity contribution in [3.63, 3.8) is 0 Å². The van der Waals surface area contributed by atoms with Crippen LogP contribution in [-0.2, 0) is 22.7 Å². The monoisotopic (exact) mass is 290 g/mol. The summed E-state index contributed by atoms with van der Waals surface area (Å²) < 4.78 is 28.7. The van der Waals surface area contributed by atoms with Crippen molar-refractivity contribution in [2.75, 3.05) is 6.26 Å². The molecule has 0 bridgehead atoms. The number of aromatic nitrogens is 2. The van der Waals surface area contributed by atoms with Gasteiger partial charge in [-0.1, -0.05) is 6.07 Å². The third-order valence-electron chi connectivity index (χ3n) is 3.11. The molecule has 3 rings (SSSR count). The second-order valence-corrected chi connectivity index (χ2v) is 6.67. The number of furan rings is 1. The zero-order valence-electron chi connectivity index (χ0n) is 11.0. The summed E-state index contributed by atoms with van der Waals surface area (Å²) in [4.78, 5) is 7.82. The standard InChI is InChI=1S/C14H14N2O3S/c1-20(17,18)12-6-2-5-11-14(12)16-13(15-11)8-7-10-4-3-9-19-10/h2-6,9H,7-8H2,1H3,(H,15,16). The van der Waals surface area contributed by atoms with E-state index in [0.29, 0.717) is 11.9 Å². The molecule has 0 saturated heterocycles. The highest BCUT2D eigenvalue weighted by Gasteiger charge is 2.15. The lowest BCUT2D eigenvalue weighted by Gasteiger charge is -1.97. The molecule has 0 atom stereocenters. The van der Waals surface area contributed by atoms with Gasteiger partial charge in [0.25, 0.3) is 0 Å². The first-order valence-electron chi connectivity index (χ1n) is 6.24. The minimum atomic E-state index is -3.28. The normalized spacial score (nSPS) is 12.1. The number of hydrogen-bond acceptors (Lipinski definition) is 4. The Morgan fingerprint density at radius 2 is 2.05 bits per heavy atom. The number of aryl methyl sites for hydroxylation is 2. The van der Waals surface area contributed by atoms with Crippen LogP contribution in [0.25, 0.3) is 11.0 Å². The first kappa shape index (κ1) is 12.9. The van der Waals surface area contributed by atoms with Gasteiger partial charge in [0.1, 0.15) is 17.1 Å². The molecule has 5 nitrogen and oxygen atoms in total. The molecule has 0 aliphatic heterocycles. The summed E-state index contributed by atoms with van der Waals surface area (Å²) in [5, 5.41) is 0. The fourth-order valence-electron chi connectivity index (χ4n) is 2.17. The number of imidazole rings is 1. The van der Waals surface area contributed by atoms with Crippen molar-refractivity contribution in [2.45, 2.75) is 17.7 Å². The van der Waals surface area contributed by atoms with Gasteiger partial charge in [-0.3, -0.25) is 0 Å². The van der Waals surface area contributed by atoms with Gasteiger partial charge in [-0.15, -0.1) is 0 Å². The molecule has 2 aromatic heterocycles. The van der Waals surface area contributed by atoms with Crippen molar-refractivity contribution in [3.8, 4) is 0 Å². The third kappa shape index (κ3) is 2.46. The molecule has 20 heavy (non-hydrogen) atoms. The molecule has 104 valence electrons. The van der Waals surface area contributed by atoms with Crippen LogP contribution in [0, 0.1) is 0 Å². The number of para-hydroxylation sites is 1. The molecule has 0 spiro atoms. The van der Waals surface area contributed by atoms with Gasteiger partial charge in [-0.05, 0) is 24.3 Å². The van der Waals surface area contributed by atoms with Gasteiger partial charge in [0, 0.05) is 19.1 Å². The Labute approximate surface area is 116 Å². The summed E-state index contributed by atoms with van der Waals surface area (Å²) >= 11 is 0. The van der Waals surface area contributed by atoms with E-state index in [4.69, 9.17) is 4.42 Å². The Balaban J connectivity index is 1.94. The molecule has 0 saturated carbocycles. The highest BCUT2D eigenvalue weighted by Crippen LogP contribution is 2.21. The number of H-pyrrole nitrogens is 1. The second-order valence-electron chi connectivity index (χ2n) is 4.69. The molecule has 2 heterocycles. The van der Waals surface area contributed by atoms with Gasteiger partial charge in [-0.2, -0.15) is 0 Å². The quantitative estimate of drug-likeness (QED) is 0.800. The van der Waals surface area contributed by atoms with Crippen LogP contribution in [0.5, 0.6) is 0 Å². The number of hydrogen-bond donors (Lipinski definition) is 1. The van der Waals surface area contributed by atoms with Crippen molar-refractivity contribution in [1.29, 1.82) is 0 Å². The topological polar surface area (TPSA) is 76.0 Å². The molecule has 3 aromatic rings. The number of benzene rings is 1. The van der Waals surface area contributed by atoms with Crippen LogP contribution in [0.4, 0.5) is 0 Å². The highest BCUT2D eigenvalue weighted by atomic mass is 32.2. The summed E-state index contributed by atoms with van der Waals surface area (Å²) in [6, 6.07) is 8.87. The van der Waals surface area contributed by atoms with Gasteiger partial charge in [0.05, 0.1) is 16.7 Å². The molecule has 0 amide bonds. The summed E-state index contributed by atoms with van der Waals surface area (Å²) in [6.45, 7) is 0. The van der Waals surface area contributed by atoms with Crippen LogP contribution in [0.1, 0.15) is 11.6 Å². The molecular formula is C14H14N2O3S. The number of sulfone groups is 1. The lowest BCUT2D eigenvalue weighted by atomic mass is 10.2. The predicted molar refractivity (Wildman–Crippen MR) is 75.3 cm³/mol. The molecule has 0 unspecified atom stereocenters. The van der Waals surface area contributed by atoms with Crippen LogP contribution in [0.3, 0.4) is 0 Å². The zero-order valence-corrected chi connectivity index (χ0v) is 11.8. The van der Waals surface area contributed by atoms with Gasteiger partial charge < -0.3 is 9.40 Å². The van der Waals surface area contributed by atoms with E-state index in [9.17, 15) is 8.42 Å². The van der Waals surface area contributed by atoms with Gasteiger partial charge >= 0.3 is 0 Å². The number of fused-ring (bicyclic) bond motifs is 1. The van der Waals surface area contributed by atoms with Crippen molar-refractivity contribution in [1.82, 2.24) is 9.97 Å². The summed E-state index contributed by atoms with van der Waals surface area (Å²) in [5.41, 5.74) is 1.24. The maximum absolute atomic E-state index is 11.7. The molecule has 0 radical (unpaired) electrons. The third-order valence-corrected chi connectivity index (χ3v) is 4.24. The predicted octanol–water partition coefficient (Wildman–Crippen LogP) is 2.34. The first-order valence-corrected chi connectivity index (χ1v) is 8.13. The maximum Gasteiger partial charge on any atom is 0.177 e. The van der Waals surface area contributed by atoms with E-state index in [1.54, 1.807) is 18.4 Å². The number of rotatable bonds is 4. The van der Waals surface area contributed by atoms with Gasteiger partial charge in [0.15, 0.2) is 9.84 Å². The van der Waals surface area contributed by atoms with Gasteiger partial charge in [0.2, 0.25) is 0 Å². The molecule has 6 heteroatoms. The van der Waals surface area contributed by atoms with Gasteiger partial charge in [-0.25, -0.2) is 13.4 Å². The van der Waals surface area contributed by atoms with Crippen LogP contribution in [0.15, 0.2) is 45.9 Å². The molecular weight excluding hydrogens is 276 g/mol. The maximum atomic E-state index is 11.7. The average molecular weight is 290 g/mol. The average Bonchev–Trinajstić information content (AvgIpc) is 3.03. The van der Waals surface area contributed by atoms with Crippen molar-refractivity contribution in [3.05, 3.63) is 48.2 Å². The molecule has 0 aliphatic carbocycles. The van der Waals surface area contributed by atoms with Crippen molar-refractivity contribution >= 4 is 20.9 Å². The van der Waals surface area contributed by atoms with Crippen LogP contribution >= 0.6 is 0 Å². The lowest BCUT2D eigenvalue weighted by Crippen LogP contribution is -1.98. The molecule has 0 fully saturated rings. The fourth-order valence-corrected chi connectivity index (χ4v) is 3.00. The lowest BCUT2D eigenvalue weighted by molar-refractivity contribution is 0.507. The van der Waals surface area contributed by atoms with E-state index < -0.39 is 9.84 Å². The Hall–Kier alpha value is -2.08. The van der Waals surface area contributed by atoms with Crippen LogP contribution in [-0.4, -0.2) is 24.6 Å². The largest absolute Gasteiger partial charge is 0.469 e. The highest BCUT2D eigenvalue weighted by molar-refractivity contribution is 7.91. The van der Waals surface area contributed by atoms with E-state index in [0.717, 1.165) is 23.5 Å². The number of nitrogens with one attached hydrogen (secondary N) is 1. The Bertz CT molecular complexity index is 833. The SMILES string of the molecule is CS(=O)(=O)c1cccc2[nH]c(CCc3ccco3)nc12. The van der Waals surface area contributed by atoms with Crippen LogP contribution < -0.4 is 0 Å². The molecule has 1 aromatic carbocycles. The molecule has 1 N–H and O–H groups in total. The first-order chi connectivity index (χ1) is 9.54. The van der Waals surface area contributed by atoms with E-state index >= 15 is 0 Å². The summed E-state index contributed by atoms with van der Waals surface area (Å²) in [6.07, 6.45) is 4.22. The number of nitrogens with zero attached hydrogens (tertiary/aromatic N) is 1. The Kier molecular flexibility index (Phi) is 3.10. The smallest absolute Gasteiger partial charge is 0.177 e. The minimum Gasteiger partial charge on any atom is -0.469 e. The Morgan fingerprint density at radius 1 is 1.20 bits per heavy atom. The van der Waals surface area contributed by atoms with E-state index in [1.165, 1.54) is 6.26 Å². The minimum absolute atomic E-state index is 0.260. The van der Waals surface area contributed by atoms with E-state index in [-0.39, 0.29) is 4.90 Å². The fraction of sp³-hybridized carbons (Fsp3) is 0.214. The zero-order chi connectivity index (χ0) is 14.2. The van der Waals surface area contributed by atoms with Crippen molar-refractivity contribution in [2.24, 2.45) is 0 Å². The summed E-state index contributed by atoms with van der Waals surface area (Å²) in [5.74, 6) is 1.64. The van der Waals surface area contributed by atoms with Crippen LogP contribution in [0.2, 0.25) is 0 Å². The van der Waals surface area contributed by atoms with Crippen molar-refractivity contribution < 1.29 is 12.8 Å². The van der Waals surface area contributed by atoms with E-state index in [2.05, 4.69) is 9.97 Å². The molecule has 0 aliphatic rings. The van der Waals surface area contributed by atoms with E-state index in [1.807, 2.05) is 18.2 Å². The number of aromatic amines is 1. The summed E-state index contributed by atoms with van der Waals surface area (Å²) in [7, 11) is -3.28. The second kappa shape index (κ2) is 4.79.